The number of nitrogens with one attached hydrogen (secondary N) is 1. The molecule has 0 bridgehead atoms. The van der Waals surface area contributed by atoms with Gasteiger partial charge in [-0.2, -0.15) is 0 Å². The van der Waals surface area contributed by atoms with Crippen molar-refractivity contribution in [3.63, 3.8) is 0 Å². The van der Waals surface area contributed by atoms with E-state index in [1.54, 1.807) is 6.26 Å². The molecule has 4 heteroatoms. The number of carbonyl (C=O) groups excluding carboxylic acids is 1. The SMILES string of the molecule is CC(C)(CNCC(N)=O)c1coc2ccccc12. The van der Waals surface area contributed by atoms with E-state index in [4.69, 9.17) is 10.2 Å². The van der Waals surface area contributed by atoms with Gasteiger partial charge in [0.1, 0.15) is 5.58 Å². The van der Waals surface area contributed by atoms with Crippen LogP contribution < -0.4 is 11.1 Å². The standard InChI is InChI=1S/C14H18N2O2/c1-14(2,9-16-7-13(15)17)11-8-18-12-6-4-3-5-10(11)12/h3-6,8,16H,7,9H2,1-2H3,(H2,15,17). The van der Waals surface area contributed by atoms with Gasteiger partial charge in [0.2, 0.25) is 5.91 Å². The Morgan fingerprint density at radius 1 is 1.39 bits per heavy atom. The van der Waals surface area contributed by atoms with E-state index >= 15 is 0 Å². The second kappa shape index (κ2) is 4.82. The van der Waals surface area contributed by atoms with Crippen LogP contribution in [0.25, 0.3) is 11.0 Å². The summed E-state index contributed by atoms with van der Waals surface area (Å²) in [6.07, 6.45) is 1.79. The van der Waals surface area contributed by atoms with Gasteiger partial charge >= 0.3 is 0 Å². The number of para-hydroxylation sites is 1. The lowest BCUT2D eigenvalue weighted by atomic mass is 9.84. The fraction of sp³-hybridized carbons (Fsp3) is 0.357. The van der Waals surface area contributed by atoms with E-state index in [0.717, 1.165) is 16.5 Å². The number of amides is 1. The lowest BCUT2D eigenvalue weighted by Crippen LogP contribution is -2.37. The monoisotopic (exact) mass is 246 g/mol. The zero-order valence-electron chi connectivity index (χ0n) is 10.7. The van der Waals surface area contributed by atoms with Crippen molar-refractivity contribution in [3.8, 4) is 0 Å². The normalized spacial score (nSPS) is 11.9. The molecule has 2 aromatic rings. The van der Waals surface area contributed by atoms with Crippen LogP contribution in [0.1, 0.15) is 19.4 Å². The predicted octanol–water partition coefficient (Wildman–Crippen LogP) is 1.79. The van der Waals surface area contributed by atoms with Crippen molar-refractivity contribution < 1.29 is 9.21 Å². The van der Waals surface area contributed by atoms with Crippen LogP contribution in [0.15, 0.2) is 34.9 Å². The van der Waals surface area contributed by atoms with Gasteiger partial charge in [-0.25, -0.2) is 0 Å². The first kappa shape index (κ1) is 12.6. The zero-order valence-corrected chi connectivity index (χ0v) is 10.7. The molecule has 1 amide bonds. The third-order valence-corrected chi connectivity index (χ3v) is 3.08. The summed E-state index contributed by atoms with van der Waals surface area (Å²) in [7, 11) is 0. The first-order valence-corrected chi connectivity index (χ1v) is 5.96. The minimum atomic E-state index is -0.345. The summed E-state index contributed by atoms with van der Waals surface area (Å²) in [6, 6.07) is 7.94. The number of rotatable bonds is 5. The number of benzene rings is 1. The quantitative estimate of drug-likeness (QED) is 0.845. The van der Waals surface area contributed by atoms with Gasteiger partial charge in [0, 0.05) is 22.9 Å². The first-order valence-electron chi connectivity index (χ1n) is 5.96. The van der Waals surface area contributed by atoms with E-state index in [0.29, 0.717) is 6.54 Å². The van der Waals surface area contributed by atoms with Crippen LogP contribution in [-0.2, 0) is 10.2 Å². The van der Waals surface area contributed by atoms with Gasteiger partial charge < -0.3 is 15.5 Å². The maximum absolute atomic E-state index is 10.7. The number of nitrogens with two attached hydrogens (primary N) is 1. The molecule has 3 N–H and O–H groups in total. The molecular formula is C14H18N2O2. The number of fused-ring (bicyclic) bond motifs is 1. The highest BCUT2D eigenvalue weighted by Gasteiger charge is 2.24. The Morgan fingerprint density at radius 3 is 2.83 bits per heavy atom. The second-order valence-corrected chi connectivity index (χ2v) is 5.10. The molecule has 0 radical (unpaired) electrons. The van der Waals surface area contributed by atoms with Crippen LogP contribution in [-0.4, -0.2) is 19.0 Å². The lowest BCUT2D eigenvalue weighted by Gasteiger charge is -2.24. The summed E-state index contributed by atoms with van der Waals surface area (Å²) >= 11 is 0. The summed E-state index contributed by atoms with van der Waals surface area (Å²) in [6.45, 7) is 5.08. The van der Waals surface area contributed by atoms with E-state index in [-0.39, 0.29) is 17.9 Å². The molecule has 4 nitrogen and oxygen atoms in total. The molecule has 1 aromatic carbocycles. The number of furan rings is 1. The largest absolute Gasteiger partial charge is 0.464 e. The van der Waals surface area contributed by atoms with Gasteiger partial charge in [-0.3, -0.25) is 4.79 Å². The zero-order chi connectivity index (χ0) is 13.2. The number of hydrogen-bond acceptors (Lipinski definition) is 3. The molecular weight excluding hydrogens is 228 g/mol. The van der Waals surface area contributed by atoms with Crippen LogP contribution in [0.5, 0.6) is 0 Å². The Labute approximate surface area is 106 Å². The van der Waals surface area contributed by atoms with Crippen molar-refractivity contribution in [3.05, 3.63) is 36.1 Å². The van der Waals surface area contributed by atoms with Crippen molar-refractivity contribution in [1.82, 2.24) is 5.32 Å². The Morgan fingerprint density at radius 2 is 2.11 bits per heavy atom. The van der Waals surface area contributed by atoms with E-state index < -0.39 is 0 Å². The summed E-state index contributed by atoms with van der Waals surface area (Å²) in [4.78, 5) is 10.7. The average Bonchev–Trinajstić information content (AvgIpc) is 2.72. The van der Waals surface area contributed by atoms with Crippen LogP contribution >= 0.6 is 0 Å². The van der Waals surface area contributed by atoms with Gasteiger partial charge in [0.25, 0.3) is 0 Å². The first-order chi connectivity index (χ1) is 8.50. The van der Waals surface area contributed by atoms with Crippen LogP contribution in [0.2, 0.25) is 0 Å². The van der Waals surface area contributed by atoms with Crippen LogP contribution in [0.4, 0.5) is 0 Å². The highest BCUT2D eigenvalue weighted by atomic mass is 16.3. The molecule has 0 unspecified atom stereocenters. The summed E-state index contributed by atoms with van der Waals surface area (Å²) < 4.78 is 5.54. The van der Waals surface area contributed by atoms with Gasteiger partial charge in [-0.05, 0) is 6.07 Å². The molecule has 1 heterocycles. The third-order valence-electron chi connectivity index (χ3n) is 3.08. The third kappa shape index (κ3) is 2.54. The van der Waals surface area contributed by atoms with Crippen molar-refractivity contribution in [2.75, 3.05) is 13.1 Å². The van der Waals surface area contributed by atoms with Crippen LogP contribution in [0.3, 0.4) is 0 Å². The Hall–Kier alpha value is -1.81. The highest BCUT2D eigenvalue weighted by molar-refractivity contribution is 5.82. The average molecular weight is 246 g/mol. The maximum atomic E-state index is 10.7. The number of carbonyl (C=O) groups is 1. The molecule has 0 fully saturated rings. The highest BCUT2D eigenvalue weighted by Crippen LogP contribution is 2.31. The molecule has 0 spiro atoms. The molecule has 18 heavy (non-hydrogen) atoms. The Bertz CT molecular complexity index is 558. The van der Waals surface area contributed by atoms with E-state index in [9.17, 15) is 4.79 Å². The van der Waals surface area contributed by atoms with E-state index in [1.807, 2.05) is 24.3 Å². The summed E-state index contributed by atoms with van der Waals surface area (Å²) in [5.74, 6) is -0.345. The Balaban J connectivity index is 2.20. The molecule has 0 aliphatic carbocycles. The smallest absolute Gasteiger partial charge is 0.231 e. The topological polar surface area (TPSA) is 68.3 Å². The molecule has 0 aliphatic rings. The fourth-order valence-electron chi connectivity index (χ4n) is 2.10. The Kier molecular flexibility index (Phi) is 3.39. The fourth-order valence-corrected chi connectivity index (χ4v) is 2.10. The summed E-state index contributed by atoms with van der Waals surface area (Å²) in [5, 5.41) is 4.18. The number of hydrogen-bond donors (Lipinski definition) is 2. The molecule has 1 aromatic heterocycles. The molecule has 0 aliphatic heterocycles. The molecule has 0 atom stereocenters. The van der Waals surface area contributed by atoms with Gasteiger partial charge in [0.05, 0.1) is 12.8 Å². The molecule has 0 saturated carbocycles. The van der Waals surface area contributed by atoms with Crippen molar-refractivity contribution in [2.24, 2.45) is 5.73 Å². The lowest BCUT2D eigenvalue weighted by molar-refractivity contribution is -0.117. The van der Waals surface area contributed by atoms with Crippen LogP contribution in [0, 0.1) is 0 Å². The van der Waals surface area contributed by atoms with Crippen molar-refractivity contribution in [2.45, 2.75) is 19.3 Å². The number of primary amides is 1. The van der Waals surface area contributed by atoms with Gasteiger partial charge in [-0.15, -0.1) is 0 Å². The van der Waals surface area contributed by atoms with Crippen molar-refractivity contribution in [1.29, 1.82) is 0 Å². The minimum absolute atomic E-state index is 0.123. The van der Waals surface area contributed by atoms with Gasteiger partial charge in [-0.1, -0.05) is 32.0 Å². The maximum Gasteiger partial charge on any atom is 0.231 e. The summed E-state index contributed by atoms with van der Waals surface area (Å²) in [5.41, 5.74) is 7.01. The molecule has 96 valence electrons. The van der Waals surface area contributed by atoms with E-state index in [2.05, 4.69) is 19.2 Å². The predicted molar refractivity (Wildman–Crippen MR) is 71.3 cm³/mol. The van der Waals surface area contributed by atoms with E-state index in [1.165, 1.54) is 0 Å². The minimum Gasteiger partial charge on any atom is -0.464 e. The molecule has 2 rings (SSSR count). The van der Waals surface area contributed by atoms with Gasteiger partial charge in [0.15, 0.2) is 0 Å². The second-order valence-electron chi connectivity index (χ2n) is 5.10. The van der Waals surface area contributed by atoms with Crippen molar-refractivity contribution >= 4 is 16.9 Å². The molecule has 0 saturated heterocycles.